The number of hydrogen-bond donors (Lipinski definition) is 2. The first kappa shape index (κ1) is 12.4. The predicted octanol–water partition coefficient (Wildman–Crippen LogP) is 0.304. The normalized spacial score (nSPS) is 11.8. The topological polar surface area (TPSA) is 63.3 Å². The van der Waals surface area contributed by atoms with Gasteiger partial charge in [-0.25, -0.2) is 0 Å². The van der Waals surface area contributed by atoms with Crippen molar-refractivity contribution in [3.63, 3.8) is 0 Å². The Morgan fingerprint density at radius 1 is 1.80 bits per heavy atom. The highest BCUT2D eigenvalue weighted by Crippen LogP contribution is 1.97. The highest BCUT2D eigenvalue weighted by atomic mass is 32.2. The van der Waals surface area contributed by atoms with Crippen LogP contribution in [0.2, 0.25) is 0 Å². The zero-order valence-electron chi connectivity index (χ0n) is 5.74. The van der Waals surface area contributed by atoms with Crippen molar-refractivity contribution in [1.82, 2.24) is 0 Å². The van der Waals surface area contributed by atoms with Crippen LogP contribution >= 0.6 is 11.8 Å². The molecule has 0 saturated carbocycles. The maximum absolute atomic E-state index is 10.1. The van der Waals surface area contributed by atoms with Gasteiger partial charge in [-0.15, -0.1) is 0 Å². The molecular weight excluding hydrogens is 157 g/mol. The van der Waals surface area contributed by atoms with Crippen LogP contribution in [-0.4, -0.2) is 29.1 Å². The summed E-state index contributed by atoms with van der Waals surface area (Å²) in [5, 5.41) is 8.27. The Balaban J connectivity index is 0. The molecule has 3 N–H and O–H groups in total. The monoisotopic (exact) mass is 169 g/mol. The van der Waals surface area contributed by atoms with E-state index in [1.807, 2.05) is 6.26 Å². The molecule has 0 unspecified atom stereocenters. The standard InChI is InChI=1S/C5H11NO2S.FH/c1-9-3-2-4(6)5(7)8;/h4H,2-3,6H2,1H3,(H,7,8);1H/t4-;/m0./s1. The van der Waals surface area contributed by atoms with E-state index in [4.69, 9.17) is 10.8 Å². The van der Waals surface area contributed by atoms with Gasteiger partial charge in [0.05, 0.1) is 0 Å². The van der Waals surface area contributed by atoms with Crippen LogP contribution in [0.15, 0.2) is 0 Å². The van der Waals surface area contributed by atoms with Crippen molar-refractivity contribution in [3.8, 4) is 0 Å². The minimum Gasteiger partial charge on any atom is -0.480 e. The Bertz CT molecular complexity index is 102. The van der Waals surface area contributed by atoms with Crippen LogP contribution in [0.3, 0.4) is 0 Å². The fourth-order valence-electron chi connectivity index (χ4n) is 0.368. The second-order valence-corrected chi connectivity index (χ2v) is 2.71. The second kappa shape index (κ2) is 6.82. The largest absolute Gasteiger partial charge is 0.480 e. The van der Waals surface area contributed by atoms with Gasteiger partial charge in [-0.1, -0.05) is 0 Å². The molecule has 0 radical (unpaired) electrons. The SMILES string of the molecule is CSCC[C@H](N)C(=O)O.F. The van der Waals surface area contributed by atoms with Crippen LogP contribution in [-0.2, 0) is 4.79 Å². The van der Waals surface area contributed by atoms with Gasteiger partial charge in [-0.05, 0) is 18.4 Å². The number of rotatable bonds is 4. The first-order valence-electron chi connectivity index (χ1n) is 2.65. The molecule has 0 bridgehead atoms. The second-order valence-electron chi connectivity index (χ2n) is 1.73. The molecule has 62 valence electrons. The number of nitrogens with two attached hydrogens (primary N) is 1. The minimum absolute atomic E-state index is 0. The van der Waals surface area contributed by atoms with Crippen molar-refractivity contribution in [2.45, 2.75) is 12.5 Å². The molecule has 0 aromatic carbocycles. The maximum atomic E-state index is 10.1. The molecule has 10 heavy (non-hydrogen) atoms. The van der Waals surface area contributed by atoms with E-state index in [1.54, 1.807) is 11.8 Å². The van der Waals surface area contributed by atoms with Gasteiger partial charge in [0, 0.05) is 0 Å². The lowest BCUT2D eigenvalue weighted by Gasteiger charge is -2.02. The Morgan fingerprint density at radius 2 is 2.30 bits per heavy atom. The molecule has 0 heterocycles. The van der Waals surface area contributed by atoms with Crippen molar-refractivity contribution in [1.29, 1.82) is 0 Å². The molecule has 0 fully saturated rings. The minimum atomic E-state index is -0.913. The molecule has 1 atom stereocenters. The summed E-state index contributed by atoms with van der Waals surface area (Å²) in [4.78, 5) is 10.1. The first-order chi connectivity index (χ1) is 4.18. The quantitative estimate of drug-likeness (QED) is 0.635. The third-order valence-electron chi connectivity index (χ3n) is 0.950. The van der Waals surface area contributed by atoms with E-state index < -0.39 is 12.0 Å². The van der Waals surface area contributed by atoms with Gasteiger partial charge in [-0.2, -0.15) is 11.8 Å². The maximum Gasteiger partial charge on any atom is 0.320 e. The van der Waals surface area contributed by atoms with Gasteiger partial charge in [0.25, 0.3) is 0 Å². The third kappa shape index (κ3) is 5.84. The van der Waals surface area contributed by atoms with Gasteiger partial charge >= 0.3 is 5.97 Å². The fourth-order valence-corrected chi connectivity index (χ4v) is 0.858. The van der Waals surface area contributed by atoms with E-state index in [9.17, 15) is 4.79 Å². The van der Waals surface area contributed by atoms with Gasteiger partial charge in [0.1, 0.15) is 6.04 Å². The van der Waals surface area contributed by atoms with Gasteiger partial charge in [0.2, 0.25) is 0 Å². The van der Waals surface area contributed by atoms with E-state index in [1.165, 1.54) is 0 Å². The lowest BCUT2D eigenvalue weighted by atomic mass is 10.2. The van der Waals surface area contributed by atoms with Crippen LogP contribution in [0, 0.1) is 0 Å². The van der Waals surface area contributed by atoms with E-state index in [0.717, 1.165) is 5.75 Å². The molecule has 0 aliphatic rings. The highest BCUT2D eigenvalue weighted by molar-refractivity contribution is 7.98. The molecule has 0 aliphatic heterocycles. The Hall–Kier alpha value is -0.290. The summed E-state index contributed by atoms with van der Waals surface area (Å²) in [6.07, 6.45) is 2.48. The zero-order valence-corrected chi connectivity index (χ0v) is 6.56. The number of carboxylic acids is 1. The van der Waals surface area contributed by atoms with E-state index in [-0.39, 0.29) is 4.70 Å². The van der Waals surface area contributed by atoms with Crippen LogP contribution in [0.1, 0.15) is 6.42 Å². The van der Waals surface area contributed by atoms with Crippen molar-refractivity contribution in [2.75, 3.05) is 12.0 Å². The fraction of sp³-hybridized carbons (Fsp3) is 0.800. The predicted molar refractivity (Wildman–Crippen MR) is 41.1 cm³/mol. The van der Waals surface area contributed by atoms with Crippen LogP contribution in [0.25, 0.3) is 0 Å². The van der Waals surface area contributed by atoms with Crippen molar-refractivity contribution < 1.29 is 14.6 Å². The molecule has 3 nitrogen and oxygen atoms in total. The Morgan fingerprint density at radius 3 is 2.60 bits per heavy atom. The summed E-state index contributed by atoms with van der Waals surface area (Å²) in [5.74, 6) is -0.1000. The van der Waals surface area contributed by atoms with E-state index >= 15 is 0 Å². The van der Waals surface area contributed by atoms with E-state index in [2.05, 4.69) is 0 Å². The Kier molecular flexibility index (Phi) is 8.46. The van der Waals surface area contributed by atoms with Crippen LogP contribution < -0.4 is 5.73 Å². The zero-order chi connectivity index (χ0) is 7.28. The van der Waals surface area contributed by atoms with E-state index in [0.29, 0.717) is 6.42 Å². The molecule has 0 aliphatic carbocycles. The smallest absolute Gasteiger partial charge is 0.320 e. The van der Waals surface area contributed by atoms with Crippen LogP contribution in [0.4, 0.5) is 4.70 Å². The average molecular weight is 169 g/mol. The third-order valence-corrected chi connectivity index (χ3v) is 1.59. The van der Waals surface area contributed by atoms with Crippen molar-refractivity contribution in [3.05, 3.63) is 0 Å². The number of carbonyl (C=O) groups is 1. The summed E-state index contributed by atoms with van der Waals surface area (Å²) >= 11 is 1.60. The van der Waals surface area contributed by atoms with Crippen LogP contribution in [0.5, 0.6) is 0 Å². The lowest BCUT2D eigenvalue weighted by Crippen LogP contribution is -2.30. The number of halogens is 1. The first-order valence-corrected chi connectivity index (χ1v) is 4.05. The molecule has 5 heteroatoms. The highest BCUT2D eigenvalue weighted by Gasteiger charge is 2.08. The molecule has 0 aromatic heterocycles. The molecule has 0 rings (SSSR count). The molecule has 0 aromatic rings. The molecular formula is C5H12FNO2S. The summed E-state index contributed by atoms with van der Waals surface area (Å²) in [6, 6.07) is -0.683. The number of carboxylic acid groups (broad SMARTS) is 1. The number of aliphatic carboxylic acids is 1. The average Bonchev–Trinajstić information content (AvgIpc) is 1.82. The number of thioether (sulfide) groups is 1. The molecule has 0 saturated heterocycles. The molecule has 0 spiro atoms. The van der Waals surface area contributed by atoms with Gasteiger partial charge in [0.15, 0.2) is 0 Å². The van der Waals surface area contributed by atoms with Gasteiger partial charge < -0.3 is 10.8 Å². The summed E-state index contributed by atoms with van der Waals surface area (Å²) in [7, 11) is 0. The Labute approximate surface area is 63.3 Å². The van der Waals surface area contributed by atoms with Gasteiger partial charge in [-0.3, -0.25) is 9.50 Å². The summed E-state index contributed by atoms with van der Waals surface area (Å²) in [5.41, 5.74) is 5.19. The summed E-state index contributed by atoms with van der Waals surface area (Å²) < 4.78 is 0. The van der Waals surface area contributed by atoms with Crippen molar-refractivity contribution in [2.24, 2.45) is 5.73 Å². The van der Waals surface area contributed by atoms with Crippen molar-refractivity contribution >= 4 is 17.7 Å². The molecule has 0 amide bonds. The number of hydrogen-bond acceptors (Lipinski definition) is 3. The lowest BCUT2D eigenvalue weighted by molar-refractivity contribution is -0.138. The summed E-state index contributed by atoms with van der Waals surface area (Å²) in [6.45, 7) is 0.